The van der Waals surface area contributed by atoms with E-state index in [9.17, 15) is 10.1 Å². The van der Waals surface area contributed by atoms with Crippen LogP contribution in [0.25, 0.3) is 0 Å². The Morgan fingerprint density at radius 3 is 2.57 bits per heavy atom. The van der Waals surface area contributed by atoms with Crippen molar-refractivity contribution in [1.29, 1.82) is 0 Å². The maximum Gasteiger partial charge on any atom is 0.269 e. The second-order valence-corrected chi connectivity index (χ2v) is 3.76. The zero-order chi connectivity index (χ0) is 10.4. The summed E-state index contributed by atoms with van der Waals surface area (Å²) in [7, 11) is 1.65. The van der Waals surface area contributed by atoms with Gasteiger partial charge >= 0.3 is 0 Å². The fourth-order valence-corrected chi connectivity index (χ4v) is 1.72. The van der Waals surface area contributed by atoms with E-state index in [-0.39, 0.29) is 5.69 Å². The van der Waals surface area contributed by atoms with Gasteiger partial charge in [0.15, 0.2) is 0 Å². The molecule has 14 heavy (non-hydrogen) atoms. The number of hydrogen-bond acceptors (Lipinski definition) is 4. The molecular weight excluding hydrogens is 202 g/mol. The Morgan fingerprint density at radius 1 is 1.43 bits per heavy atom. The number of non-ortho nitro benzene ring substituents is 1. The van der Waals surface area contributed by atoms with Crippen molar-refractivity contribution in [3.8, 4) is 0 Å². The minimum atomic E-state index is -0.399. The molecule has 5 heteroatoms. The van der Waals surface area contributed by atoms with Gasteiger partial charge in [-0.3, -0.25) is 10.1 Å². The molecule has 0 radical (unpaired) electrons. The van der Waals surface area contributed by atoms with Crippen LogP contribution < -0.4 is 0 Å². The second kappa shape index (κ2) is 5.62. The minimum absolute atomic E-state index is 0.126. The number of hydrogen-bond donors (Lipinski definition) is 0. The van der Waals surface area contributed by atoms with Gasteiger partial charge in [-0.15, -0.1) is 11.8 Å². The van der Waals surface area contributed by atoms with E-state index in [1.165, 1.54) is 12.1 Å². The van der Waals surface area contributed by atoms with Crippen LogP contribution >= 0.6 is 11.8 Å². The summed E-state index contributed by atoms with van der Waals surface area (Å²) < 4.78 is 4.90. The van der Waals surface area contributed by atoms with Crippen LogP contribution in [0.1, 0.15) is 0 Å². The van der Waals surface area contributed by atoms with Crippen molar-refractivity contribution >= 4 is 17.4 Å². The molecule has 1 rings (SSSR count). The van der Waals surface area contributed by atoms with Crippen molar-refractivity contribution in [2.75, 3.05) is 19.5 Å². The van der Waals surface area contributed by atoms with Crippen LogP contribution in [-0.2, 0) is 4.74 Å². The van der Waals surface area contributed by atoms with Gasteiger partial charge in [0.1, 0.15) is 0 Å². The van der Waals surface area contributed by atoms with Gasteiger partial charge < -0.3 is 4.74 Å². The average molecular weight is 213 g/mol. The quantitative estimate of drug-likeness (QED) is 0.326. The average Bonchev–Trinajstić information content (AvgIpc) is 2.19. The van der Waals surface area contributed by atoms with Gasteiger partial charge in [0.05, 0.1) is 11.5 Å². The normalized spacial score (nSPS) is 10.1. The number of benzene rings is 1. The number of ether oxygens (including phenoxy) is 1. The summed E-state index contributed by atoms with van der Waals surface area (Å²) in [6, 6.07) is 6.52. The lowest BCUT2D eigenvalue weighted by atomic mass is 10.3. The van der Waals surface area contributed by atoms with Gasteiger partial charge in [-0.05, 0) is 12.1 Å². The Hall–Kier alpha value is -1.07. The number of nitro groups is 1. The van der Waals surface area contributed by atoms with Crippen LogP contribution in [0.5, 0.6) is 0 Å². The van der Waals surface area contributed by atoms with Gasteiger partial charge in [-0.1, -0.05) is 0 Å². The lowest BCUT2D eigenvalue weighted by Crippen LogP contribution is -1.91. The number of nitro benzene ring substituents is 1. The predicted octanol–water partition coefficient (Wildman–Crippen LogP) is 2.33. The first kappa shape index (κ1) is 11.0. The van der Waals surface area contributed by atoms with Crippen molar-refractivity contribution in [2.24, 2.45) is 0 Å². The van der Waals surface area contributed by atoms with Gasteiger partial charge in [-0.2, -0.15) is 0 Å². The Kier molecular flexibility index (Phi) is 4.42. The fraction of sp³-hybridized carbons (Fsp3) is 0.333. The standard InChI is InChI=1S/C9H11NO3S/c1-13-6-7-14-9-4-2-8(3-5-9)10(11)12/h2-5H,6-7H2,1H3. The largest absolute Gasteiger partial charge is 0.384 e. The molecule has 0 spiro atoms. The molecule has 0 bridgehead atoms. The Morgan fingerprint density at radius 2 is 2.07 bits per heavy atom. The first-order valence-corrected chi connectivity index (χ1v) is 5.09. The Balaban J connectivity index is 2.51. The molecule has 4 nitrogen and oxygen atoms in total. The van der Waals surface area contributed by atoms with E-state index >= 15 is 0 Å². The van der Waals surface area contributed by atoms with Crippen molar-refractivity contribution in [3.05, 3.63) is 34.4 Å². The summed E-state index contributed by atoms with van der Waals surface area (Å²) in [5.41, 5.74) is 0.126. The lowest BCUT2D eigenvalue weighted by Gasteiger charge is -1.99. The van der Waals surface area contributed by atoms with E-state index in [4.69, 9.17) is 4.74 Å². The highest BCUT2D eigenvalue weighted by Crippen LogP contribution is 2.20. The molecule has 0 aromatic heterocycles. The third kappa shape index (κ3) is 3.35. The Bertz CT molecular complexity index is 299. The number of rotatable bonds is 5. The lowest BCUT2D eigenvalue weighted by molar-refractivity contribution is -0.384. The van der Waals surface area contributed by atoms with Crippen LogP contribution in [0.3, 0.4) is 0 Å². The zero-order valence-corrected chi connectivity index (χ0v) is 8.62. The molecule has 0 atom stereocenters. The number of methoxy groups -OCH3 is 1. The predicted molar refractivity (Wildman–Crippen MR) is 55.7 cm³/mol. The molecule has 0 aliphatic rings. The molecule has 0 amide bonds. The molecule has 1 aromatic rings. The summed E-state index contributed by atoms with van der Waals surface area (Å²) in [6.07, 6.45) is 0. The molecule has 0 fully saturated rings. The van der Waals surface area contributed by atoms with E-state index in [0.717, 1.165) is 10.6 Å². The molecule has 0 saturated heterocycles. The first-order chi connectivity index (χ1) is 6.74. The minimum Gasteiger partial charge on any atom is -0.384 e. The molecule has 0 aliphatic carbocycles. The summed E-state index contributed by atoms with van der Waals surface area (Å²) >= 11 is 1.62. The third-order valence-electron chi connectivity index (χ3n) is 1.60. The van der Waals surface area contributed by atoms with Crippen LogP contribution in [0.4, 0.5) is 5.69 Å². The van der Waals surface area contributed by atoms with Crippen molar-refractivity contribution in [3.63, 3.8) is 0 Å². The van der Waals surface area contributed by atoms with E-state index < -0.39 is 4.92 Å². The fourth-order valence-electron chi connectivity index (χ4n) is 0.907. The topological polar surface area (TPSA) is 52.4 Å². The zero-order valence-electron chi connectivity index (χ0n) is 7.80. The monoisotopic (exact) mass is 213 g/mol. The van der Waals surface area contributed by atoms with E-state index in [0.29, 0.717) is 6.61 Å². The molecule has 1 aromatic carbocycles. The maximum atomic E-state index is 10.4. The smallest absolute Gasteiger partial charge is 0.269 e. The Labute approximate surface area is 86.4 Å². The highest BCUT2D eigenvalue weighted by atomic mass is 32.2. The van der Waals surface area contributed by atoms with Crippen LogP contribution in [0, 0.1) is 10.1 Å². The molecule has 0 aliphatic heterocycles. The maximum absolute atomic E-state index is 10.4. The number of thioether (sulfide) groups is 1. The molecule has 0 N–H and O–H groups in total. The summed E-state index contributed by atoms with van der Waals surface area (Å²) in [5, 5.41) is 10.4. The van der Waals surface area contributed by atoms with Crippen LogP contribution in [0.2, 0.25) is 0 Å². The molecule has 0 heterocycles. The first-order valence-electron chi connectivity index (χ1n) is 4.10. The summed E-state index contributed by atoms with van der Waals surface area (Å²) in [4.78, 5) is 11.0. The molecule has 76 valence electrons. The van der Waals surface area contributed by atoms with Gasteiger partial charge in [-0.25, -0.2) is 0 Å². The van der Waals surface area contributed by atoms with Crippen LogP contribution in [0.15, 0.2) is 29.2 Å². The molecular formula is C9H11NO3S. The van der Waals surface area contributed by atoms with Crippen LogP contribution in [-0.4, -0.2) is 24.4 Å². The SMILES string of the molecule is COCCSc1ccc([N+](=O)[O-])cc1. The van der Waals surface area contributed by atoms with Crippen molar-refractivity contribution < 1.29 is 9.66 Å². The molecule has 0 saturated carbocycles. The third-order valence-corrected chi connectivity index (χ3v) is 2.58. The van der Waals surface area contributed by atoms with Crippen molar-refractivity contribution in [1.82, 2.24) is 0 Å². The highest BCUT2D eigenvalue weighted by molar-refractivity contribution is 7.99. The van der Waals surface area contributed by atoms with Crippen molar-refractivity contribution in [2.45, 2.75) is 4.90 Å². The molecule has 0 unspecified atom stereocenters. The van der Waals surface area contributed by atoms with Gasteiger partial charge in [0.2, 0.25) is 0 Å². The van der Waals surface area contributed by atoms with E-state index in [1.54, 1.807) is 31.0 Å². The number of nitrogens with zero attached hydrogens (tertiary/aromatic N) is 1. The van der Waals surface area contributed by atoms with Gasteiger partial charge in [0.25, 0.3) is 5.69 Å². The summed E-state index contributed by atoms with van der Waals surface area (Å²) in [6.45, 7) is 0.682. The van der Waals surface area contributed by atoms with E-state index in [2.05, 4.69) is 0 Å². The second-order valence-electron chi connectivity index (χ2n) is 2.59. The summed E-state index contributed by atoms with van der Waals surface area (Å²) in [5.74, 6) is 0.855. The van der Waals surface area contributed by atoms with E-state index in [1.807, 2.05) is 0 Å². The highest BCUT2D eigenvalue weighted by Gasteiger charge is 2.03. The van der Waals surface area contributed by atoms with Gasteiger partial charge in [0, 0.05) is 29.9 Å².